The first-order chi connectivity index (χ1) is 19.0. The number of hydrogen-bond acceptors (Lipinski definition) is 7. The summed E-state index contributed by atoms with van der Waals surface area (Å²) in [4.78, 5) is 18.8. The monoisotopic (exact) mass is 530 g/mol. The van der Waals surface area contributed by atoms with Gasteiger partial charge in [0.25, 0.3) is 0 Å². The predicted octanol–water partition coefficient (Wildman–Crippen LogP) is 7.03. The lowest BCUT2D eigenvalue weighted by Crippen LogP contribution is -2.37. The van der Waals surface area contributed by atoms with Crippen LogP contribution in [0.4, 0.5) is 11.5 Å². The summed E-state index contributed by atoms with van der Waals surface area (Å²) in [7, 11) is 0. The molecule has 2 aromatic heterocycles. The van der Waals surface area contributed by atoms with Crippen molar-refractivity contribution in [1.82, 2.24) is 15.0 Å². The summed E-state index contributed by atoms with van der Waals surface area (Å²) in [6.07, 6.45) is 23.7. The zero-order valence-electron chi connectivity index (χ0n) is 24.5. The van der Waals surface area contributed by atoms with Crippen molar-refractivity contribution in [2.24, 2.45) is 4.99 Å². The number of ether oxygens (including phenoxy) is 1. The van der Waals surface area contributed by atoms with Crippen LogP contribution in [0.2, 0.25) is 0 Å². The average Bonchev–Trinajstić information content (AvgIpc) is 2.97. The van der Waals surface area contributed by atoms with E-state index in [4.69, 9.17) is 11.2 Å². The van der Waals surface area contributed by atoms with Gasteiger partial charge >= 0.3 is 0 Å². The SMILES string of the molecule is C#CN=Cc1ccc(NC2=CC=C(C)CC2)cn1.CCCCCCC.Cc1ncc(C)c(N2CCOCC2)n1. The van der Waals surface area contributed by atoms with Crippen molar-refractivity contribution in [2.75, 3.05) is 36.5 Å². The number of aromatic nitrogens is 3. The van der Waals surface area contributed by atoms with E-state index in [0.29, 0.717) is 0 Å². The summed E-state index contributed by atoms with van der Waals surface area (Å²) in [6.45, 7) is 14.0. The second kappa shape index (κ2) is 18.7. The molecule has 1 saturated heterocycles. The molecule has 1 N–H and O–H groups in total. The number of pyridine rings is 1. The van der Waals surface area contributed by atoms with E-state index >= 15 is 0 Å². The Labute approximate surface area is 235 Å². The molecule has 0 atom stereocenters. The van der Waals surface area contributed by atoms with Gasteiger partial charge in [-0.15, -0.1) is 0 Å². The van der Waals surface area contributed by atoms with E-state index in [1.807, 2.05) is 32.2 Å². The summed E-state index contributed by atoms with van der Waals surface area (Å²) in [5.74, 6) is 1.89. The number of morpholine rings is 1. The Bertz CT molecular complexity index is 1100. The van der Waals surface area contributed by atoms with Crippen LogP contribution in [-0.4, -0.2) is 47.5 Å². The highest BCUT2D eigenvalue weighted by Crippen LogP contribution is 2.20. The van der Waals surface area contributed by atoms with E-state index in [-0.39, 0.29) is 0 Å². The molecule has 3 heterocycles. The Balaban J connectivity index is 0.000000226. The molecule has 0 radical (unpaired) electrons. The van der Waals surface area contributed by atoms with Crippen LogP contribution >= 0.6 is 0 Å². The fraction of sp³-hybridized carbons (Fsp3) is 0.500. The highest BCUT2D eigenvalue weighted by Gasteiger charge is 2.14. The Morgan fingerprint density at radius 3 is 2.33 bits per heavy atom. The first-order valence-corrected chi connectivity index (χ1v) is 14.2. The second-order valence-corrected chi connectivity index (χ2v) is 9.77. The molecule has 210 valence electrons. The average molecular weight is 531 g/mol. The van der Waals surface area contributed by atoms with Crippen LogP contribution in [0.1, 0.15) is 82.8 Å². The molecule has 2 aromatic rings. The van der Waals surface area contributed by atoms with E-state index in [1.54, 1.807) is 12.4 Å². The highest BCUT2D eigenvalue weighted by atomic mass is 16.5. The Morgan fingerprint density at radius 1 is 1.00 bits per heavy atom. The lowest BCUT2D eigenvalue weighted by Gasteiger charge is -2.28. The van der Waals surface area contributed by atoms with Crippen molar-refractivity contribution < 1.29 is 4.74 Å². The van der Waals surface area contributed by atoms with Gasteiger partial charge < -0.3 is 15.0 Å². The number of nitrogens with zero attached hydrogens (tertiary/aromatic N) is 5. The number of aliphatic imine (C=N–C) groups is 1. The van der Waals surface area contributed by atoms with Gasteiger partial charge in [0.2, 0.25) is 0 Å². The van der Waals surface area contributed by atoms with Gasteiger partial charge in [0, 0.05) is 36.6 Å². The second-order valence-electron chi connectivity index (χ2n) is 9.77. The molecule has 1 fully saturated rings. The maximum Gasteiger partial charge on any atom is 0.135 e. The molecule has 0 saturated carbocycles. The number of anilines is 2. The molecule has 0 aromatic carbocycles. The number of terminal acetylenes is 1. The molecule has 7 nitrogen and oxygen atoms in total. The van der Waals surface area contributed by atoms with Gasteiger partial charge in [-0.05, 0) is 51.8 Å². The molecular formula is C32H46N6O. The van der Waals surface area contributed by atoms with Crippen LogP contribution in [0.25, 0.3) is 0 Å². The molecule has 4 rings (SSSR count). The molecule has 2 aliphatic rings. The van der Waals surface area contributed by atoms with Crippen molar-refractivity contribution >= 4 is 17.7 Å². The van der Waals surface area contributed by atoms with E-state index < -0.39 is 0 Å². The van der Waals surface area contributed by atoms with E-state index in [0.717, 1.165) is 67.7 Å². The summed E-state index contributed by atoms with van der Waals surface area (Å²) in [5.41, 5.74) is 5.50. The molecule has 1 aliphatic heterocycles. The van der Waals surface area contributed by atoms with Crippen LogP contribution in [0.15, 0.2) is 52.9 Å². The third-order valence-corrected chi connectivity index (χ3v) is 6.30. The van der Waals surface area contributed by atoms with Crippen molar-refractivity contribution in [3.05, 3.63) is 65.0 Å². The minimum absolute atomic E-state index is 0.756. The topological polar surface area (TPSA) is 75.5 Å². The largest absolute Gasteiger partial charge is 0.378 e. The molecule has 39 heavy (non-hydrogen) atoms. The van der Waals surface area contributed by atoms with E-state index in [1.165, 1.54) is 43.4 Å². The Kier molecular flexibility index (Phi) is 15.2. The predicted molar refractivity (Wildman–Crippen MR) is 164 cm³/mol. The first-order valence-electron chi connectivity index (χ1n) is 14.2. The van der Waals surface area contributed by atoms with Crippen LogP contribution in [0.3, 0.4) is 0 Å². The van der Waals surface area contributed by atoms with Gasteiger partial charge in [0.05, 0.1) is 37.0 Å². The van der Waals surface area contributed by atoms with Crippen LogP contribution < -0.4 is 10.2 Å². The highest BCUT2D eigenvalue weighted by molar-refractivity contribution is 5.78. The van der Waals surface area contributed by atoms with Crippen LogP contribution in [0, 0.1) is 26.3 Å². The molecule has 0 unspecified atom stereocenters. The van der Waals surface area contributed by atoms with Crippen LogP contribution in [0.5, 0.6) is 0 Å². The summed E-state index contributed by atoms with van der Waals surface area (Å²) < 4.78 is 5.31. The standard InChI is InChI=1S/C15H15N3.C10H15N3O.C7H16/c1-3-16-10-14-8-9-15(11-17-14)18-13-6-4-12(2)5-7-13;1-8-7-11-9(2)12-10(8)13-3-5-14-6-4-13;1-3-5-7-6-4-2/h1,4,6,8-11,18H,5,7H2,2H3;7H,3-6H2,1-2H3;3-7H2,1-2H3. The fourth-order valence-corrected chi connectivity index (χ4v) is 3.98. The zero-order valence-corrected chi connectivity index (χ0v) is 24.5. The third-order valence-electron chi connectivity index (χ3n) is 6.30. The first kappa shape index (κ1) is 31.7. The van der Waals surface area contributed by atoms with Crippen molar-refractivity contribution in [3.63, 3.8) is 0 Å². The lowest BCUT2D eigenvalue weighted by molar-refractivity contribution is 0.122. The van der Waals surface area contributed by atoms with Crippen molar-refractivity contribution in [3.8, 4) is 12.5 Å². The maximum absolute atomic E-state index is 5.31. The normalized spacial score (nSPS) is 14.7. The molecule has 0 amide bonds. The Hall–Kier alpha value is -3.50. The van der Waals surface area contributed by atoms with E-state index in [2.05, 4.69) is 69.1 Å². The number of allylic oxidation sites excluding steroid dienone is 4. The minimum atomic E-state index is 0.756. The van der Waals surface area contributed by atoms with Crippen LogP contribution in [-0.2, 0) is 4.74 Å². The molecule has 0 bridgehead atoms. The molecular weight excluding hydrogens is 484 g/mol. The number of unbranched alkanes of at least 4 members (excludes halogenated alkanes) is 4. The van der Waals surface area contributed by atoms with Gasteiger partial charge in [0.15, 0.2) is 0 Å². The third kappa shape index (κ3) is 12.7. The molecule has 7 heteroatoms. The summed E-state index contributed by atoms with van der Waals surface area (Å²) >= 11 is 0. The quantitative estimate of drug-likeness (QED) is 0.224. The summed E-state index contributed by atoms with van der Waals surface area (Å²) in [5, 5.41) is 3.35. The number of aryl methyl sites for hydroxylation is 2. The van der Waals surface area contributed by atoms with Gasteiger partial charge in [-0.3, -0.25) is 4.98 Å². The molecule has 0 spiro atoms. The van der Waals surface area contributed by atoms with Gasteiger partial charge in [-0.2, -0.15) is 0 Å². The fourth-order valence-electron chi connectivity index (χ4n) is 3.98. The smallest absolute Gasteiger partial charge is 0.135 e. The zero-order chi connectivity index (χ0) is 28.3. The maximum atomic E-state index is 5.31. The lowest BCUT2D eigenvalue weighted by atomic mass is 10.0. The number of nitrogens with one attached hydrogen (secondary N) is 1. The van der Waals surface area contributed by atoms with Crippen molar-refractivity contribution in [2.45, 2.75) is 79.6 Å². The Morgan fingerprint density at radius 2 is 1.74 bits per heavy atom. The number of rotatable bonds is 8. The molecule has 1 aliphatic carbocycles. The minimum Gasteiger partial charge on any atom is -0.378 e. The van der Waals surface area contributed by atoms with Crippen molar-refractivity contribution in [1.29, 1.82) is 0 Å². The van der Waals surface area contributed by atoms with E-state index in [9.17, 15) is 0 Å². The van der Waals surface area contributed by atoms with Gasteiger partial charge in [-0.1, -0.05) is 64.0 Å². The van der Waals surface area contributed by atoms with Gasteiger partial charge in [-0.25, -0.2) is 15.0 Å². The number of hydrogen-bond donors (Lipinski definition) is 1. The van der Waals surface area contributed by atoms with Gasteiger partial charge in [0.1, 0.15) is 11.6 Å². The summed E-state index contributed by atoms with van der Waals surface area (Å²) in [6, 6.07) is 6.05.